The van der Waals surface area contributed by atoms with Crippen LogP contribution in [0.2, 0.25) is 0 Å². The SMILES string of the molecule is Cc1nc2c(NC(=O)CCc3ccc4c(c3)NC(=O)CO4)cccc2c(=O)n1C1CCC(=O)NC1=O. The van der Waals surface area contributed by atoms with E-state index in [1.165, 1.54) is 4.57 Å². The monoisotopic (exact) mass is 489 g/mol. The fraction of sp³-hybridized carbons (Fsp3) is 0.280. The van der Waals surface area contributed by atoms with Crippen LogP contribution in [-0.4, -0.2) is 39.8 Å². The number of anilines is 2. The average molecular weight is 489 g/mol. The minimum atomic E-state index is -0.822. The lowest BCUT2D eigenvalue weighted by Crippen LogP contribution is -2.45. The summed E-state index contributed by atoms with van der Waals surface area (Å²) in [5.74, 6) is -0.503. The maximum absolute atomic E-state index is 13.3. The van der Waals surface area contributed by atoms with Gasteiger partial charge in [0.05, 0.1) is 16.8 Å². The molecule has 1 atom stereocenters. The highest BCUT2D eigenvalue weighted by molar-refractivity contribution is 6.01. The molecule has 2 aliphatic heterocycles. The molecular weight excluding hydrogens is 466 g/mol. The lowest BCUT2D eigenvalue weighted by molar-refractivity contribution is -0.136. The Bertz CT molecular complexity index is 1490. The van der Waals surface area contributed by atoms with Gasteiger partial charge in [0.25, 0.3) is 11.5 Å². The van der Waals surface area contributed by atoms with E-state index >= 15 is 0 Å². The topological polar surface area (TPSA) is 148 Å². The number of para-hydroxylation sites is 1. The fourth-order valence-corrected chi connectivity index (χ4v) is 4.48. The number of fused-ring (bicyclic) bond motifs is 2. The van der Waals surface area contributed by atoms with Gasteiger partial charge < -0.3 is 15.4 Å². The molecule has 184 valence electrons. The first-order valence-corrected chi connectivity index (χ1v) is 11.5. The van der Waals surface area contributed by atoms with Crippen molar-refractivity contribution in [1.29, 1.82) is 0 Å². The van der Waals surface area contributed by atoms with Crippen molar-refractivity contribution in [3.05, 3.63) is 58.1 Å². The summed E-state index contributed by atoms with van der Waals surface area (Å²) in [5, 5.41) is 8.09. The molecule has 0 bridgehead atoms. The van der Waals surface area contributed by atoms with Crippen molar-refractivity contribution < 1.29 is 23.9 Å². The number of rotatable bonds is 5. The Hall–Kier alpha value is -4.54. The number of aryl methyl sites for hydroxylation is 2. The summed E-state index contributed by atoms with van der Waals surface area (Å²) in [6, 6.07) is 9.44. The van der Waals surface area contributed by atoms with Crippen LogP contribution < -0.4 is 26.2 Å². The number of hydrogen-bond donors (Lipinski definition) is 3. The van der Waals surface area contributed by atoms with Crippen LogP contribution in [0.1, 0.15) is 36.7 Å². The number of amides is 4. The van der Waals surface area contributed by atoms with Crippen LogP contribution in [0.4, 0.5) is 11.4 Å². The zero-order chi connectivity index (χ0) is 25.4. The second-order valence-corrected chi connectivity index (χ2v) is 8.72. The maximum atomic E-state index is 13.3. The molecule has 0 radical (unpaired) electrons. The molecular formula is C25H23N5O6. The van der Waals surface area contributed by atoms with Gasteiger partial charge in [0.2, 0.25) is 17.7 Å². The van der Waals surface area contributed by atoms with E-state index in [0.717, 1.165) is 5.56 Å². The van der Waals surface area contributed by atoms with E-state index < -0.39 is 17.5 Å². The highest BCUT2D eigenvalue weighted by Gasteiger charge is 2.30. The summed E-state index contributed by atoms with van der Waals surface area (Å²) in [5.41, 5.74) is 1.73. The van der Waals surface area contributed by atoms with Crippen LogP contribution >= 0.6 is 0 Å². The minimum absolute atomic E-state index is 0.0219. The first-order valence-electron chi connectivity index (χ1n) is 11.5. The Morgan fingerprint density at radius 3 is 2.78 bits per heavy atom. The molecule has 36 heavy (non-hydrogen) atoms. The normalized spacial score (nSPS) is 17.1. The molecule has 1 fully saturated rings. The van der Waals surface area contributed by atoms with E-state index in [9.17, 15) is 24.0 Å². The maximum Gasteiger partial charge on any atom is 0.262 e. The van der Waals surface area contributed by atoms with Gasteiger partial charge in [-0.3, -0.25) is 33.9 Å². The number of hydrogen-bond acceptors (Lipinski definition) is 7. The van der Waals surface area contributed by atoms with E-state index in [1.807, 2.05) is 6.07 Å². The van der Waals surface area contributed by atoms with Crippen molar-refractivity contribution in [2.45, 2.75) is 38.6 Å². The van der Waals surface area contributed by atoms with Crippen molar-refractivity contribution >= 4 is 45.9 Å². The van der Waals surface area contributed by atoms with E-state index in [1.54, 1.807) is 37.3 Å². The number of benzene rings is 2. The molecule has 0 spiro atoms. The van der Waals surface area contributed by atoms with Crippen molar-refractivity contribution in [3.63, 3.8) is 0 Å². The molecule has 4 amide bonds. The first-order chi connectivity index (χ1) is 17.3. The van der Waals surface area contributed by atoms with Crippen LogP contribution in [0.5, 0.6) is 5.75 Å². The Morgan fingerprint density at radius 1 is 1.14 bits per heavy atom. The number of carbonyl (C=O) groups is 4. The summed E-state index contributed by atoms with van der Waals surface area (Å²) in [6.45, 7) is 1.59. The molecule has 1 saturated heterocycles. The molecule has 3 aromatic rings. The predicted octanol–water partition coefficient (Wildman–Crippen LogP) is 1.58. The number of carbonyl (C=O) groups excluding carboxylic acids is 4. The predicted molar refractivity (Wildman–Crippen MR) is 130 cm³/mol. The lowest BCUT2D eigenvalue weighted by atomic mass is 10.1. The molecule has 2 aromatic carbocycles. The Morgan fingerprint density at radius 2 is 1.97 bits per heavy atom. The highest BCUT2D eigenvalue weighted by Crippen LogP contribution is 2.29. The van der Waals surface area contributed by atoms with Gasteiger partial charge in [0.1, 0.15) is 23.1 Å². The van der Waals surface area contributed by atoms with E-state index in [2.05, 4.69) is 20.9 Å². The molecule has 11 nitrogen and oxygen atoms in total. The van der Waals surface area contributed by atoms with Gasteiger partial charge in [-0.1, -0.05) is 12.1 Å². The van der Waals surface area contributed by atoms with Gasteiger partial charge in [-0.05, 0) is 49.6 Å². The zero-order valence-corrected chi connectivity index (χ0v) is 19.4. The van der Waals surface area contributed by atoms with Crippen LogP contribution in [-0.2, 0) is 25.6 Å². The van der Waals surface area contributed by atoms with Crippen LogP contribution in [0, 0.1) is 6.92 Å². The molecule has 11 heteroatoms. The summed E-state index contributed by atoms with van der Waals surface area (Å²) < 4.78 is 6.65. The Labute approximate surface area is 204 Å². The average Bonchev–Trinajstić information content (AvgIpc) is 2.84. The molecule has 2 aliphatic rings. The van der Waals surface area contributed by atoms with E-state index in [-0.39, 0.29) is 49.0 Å². The number of aromatic nitrogens is 2. The van der Waals surface area contributed by atoms with Gasteiger partial charge in [0.15, 0.2) is 6.61 Å². The standard InChI is InChI=1S/C25H23N5O6/c1-13-26-23-15(25(35)30(13)18-7-10-21(32)29-24(18)34)3-2-4-16(23)27-20(31)9-6-14-5-8-19-17(11-14)28-22(33)12-36-19/h2-5,8,11,18H,6-7,9-10,12H2,1H3,(H,27,31)(H,28,33)(H,29,32,34). The third kappa shape index (κ3) is 4.42. The molecule has 0 saturated carbocycles. The molecule has 1 aromatic heterocycles. The van der Waals surface area contributed by atoms with E-state index in [4.69, 9.17) is 4.74 Å². The van der Waals surface area contributed by atoms with Crippen molar-refractivity contribution in [3.8, 4) is 5.75 Å². The number of nitrogens with zero attached hydrogens (tertiary/aromatic N) is 2. The number of imide groups is 1. The number of piperidine rings is 1. The fourth-order valence-electron chi connectivity index (χ4n) is 4.48. The van der Waals surface area contributed by atoms with E-state index in [0.29, 0.717) is 34.9 Å². The molecule has 0 aliphatic carbocycles. The van der Waals surface area contributed by atoms with Gasteiger partial charge >= 0.3 is 0 Å². The summed E-state index contributed by atoms with van der Waals surface area (Å²) in [7, 11) is 0. The summed E-state index contributed by atoms with van der Waals surface area (Å²) in [6.07, 6.45) is 0.943. The molecule has 1 unspecified atom stereocenters. The molecule has 3 heterocycles. The third-order valence-electron chi connectivity index (χ3n) is 6.22. The zero-order valence-electron chi connectivity index (χ0n) is 19.4. The largest absolute Gasteiger partial charge is 0.482 e. The lowest BCUT2D eigenvalue weighted by Gasteiger charge is -2.24. The van der Waals surface area contributed by atoms with Gasteiger partial charge in [0, 0.05) is 12.8 Å². The Kier molecular flexibility index (Phi) is 5.96. The third-order valence-corrected chi connectivity index (χ3v) is 6.22. The van der Waals surface area contributed by atoms with Gasteiger partial charge in [-0.25, -0.2) is 4.98 Å². The Balaban J connectivity index is 1.34. The van der Waals surface area contributed by atoms with Crippen molar-refractivity contribution in [1.82, 2.24) is 14.9 Å². The second kappa shape index (κ2) is 9.25. The molecule has 3 N–H and O–H groups in total. The number of nitrogens with one attached hydrogen (secondary N) is 3. The van der Waals surface area contributed by atoms with Crippen LogP contribution in [0.15, 0.2) is 41.2 Å². The summed E-state index contributed by atoms with van der Waals surface area (Å²) in [4.78, 5) is 65.9. The number of ether oxygens (including phenoxy) is 1. The van der Waals surface area contributed by atoms with Crippen LogP contribution in [0.25, 0.3) is 10.9 Å². The first kappa shape index (κ1) is 23.2. The smallest absolute Gasteiger partial charge is 0.262 e. The highest BCUT2D eigenvalue weighted by atomic mass is 16.5. The van der Waals surface area contributed by atoms with Crippen LogP contribution in [0.3, 0.4) is 0 Å². The van der Waals surface area contributed by atoms with Crippen molar-refractivity contribution in [2.24, 2.45) is 0 Å². The van der Waals surface area contributed by atoms with Crippen molar-refractivity contribution in [2.75, 3.05) is 17.2 Å². The molecule has 5 rings (SSSR count). The van der Waals surface area contributed by atoms with Gasteiger partial charge in [-0.15, -0.1) is 0 Å². The quantitative estimate of drug-likeness (QED) is 0.461. The summed E-state index contributed by atoms with van der Waals surface area (Å²) >= 11 is 0. The second-order valence-electron chi connectivity index (χ2n) is 8.72. The van der Waals surface area contributed by atoms with Gasteiger partial charge in [-0.2, -0.15) is 0 Å². The minimum Gasteiger partial charge on any atom is -0.482 e.